The lowest BCUT2D eigenvalue weighted by Crippen LogP contribution is -2.47. The lowest BCUT2D eigenvalue weighted by atomic mass is 10.2. The average Bonchev–Trinajstić information content (AvgIpc) is 3.34. The molecule has 7 heteroatoms. The first-order valence-corrected chi connectivity index (χ1v) is 9.74. The second kappa shape index (κ2) is 6.96. The number of piperazine rings is 1. The maximum absolute atomic E-state index is 4.73. The highest BCUT2D eigenvalue weighted by molar-refractivity contribution is 7.10. The van der Waals surface area contributed by atoms with Gasteiger partial charge < -0.3 is 4.90 Å². The van der Waals surface area contributed by atoms with Gasteiger partial charge in [0.15, 0.2) is 5.82 Å². The molecule has 0 radical (unpaired) electrons. The number of nitrogens with zero attached hydrogens (tertiary/aromatic N) is 5. The van der Waals surface area contributed by atoms with E-state index < -0.39 is 0 Å². The molecule has 1 aromatic carbocycles. The molecule has 0 N–H and O–H groups in total. The Morgan fingerprint density at radius 2 is 1.88 bits per heavy atom. The first-order chi connectivity index (χ1) is 11.8. The third-order valence-electron chi connectivity index (χ3n) is 4.39. The van der Waals surface area contributed by atoms with E-state index in [1.165, 1.54) is 16.5 Å². The van der Waals surface area contributed by atoms with Crippen molar-refractivity contribution in [2.75, 3.05) is 31.1 Å². The summed E-state index contributed by atoms with van der Waals surface area (Å²) in [5.41, 5.74) is 1.08. The van der Waals surface area contributed by atoms with Gasteiger partial charge in [0.2, 0.25) is 5.13 Å². The van der Waals surface area contributed by atoms with Crippen LogP contribution in [0.1, 0.15) is 18.0 Å². The molecule has 5 nitrogen and oxygen atoms in total. The largest absolute Gasteiger partial charge is 0.344 e. The molecule has 2 aromatic heterocycles. The molecule has 1 aliphatic heterocycles. The van der Waals surface area contributed by atoms with Crippen molar-refractivity contribution in [3.8, 4) is 11.4 Å². The van der Waals surface area contributed by atoms with Crippen molar-refractivity contribution in [3.63, 3.8) is 0 Å². The van der Waals surface area contributed by atoms with Crippen LogP contribution in [-0.2, 0) is 0 Å². The lowest BCUT2D eigenvalue weighted by molar-refractivity contribution is 0.198. The molecule has 0 amide bonds. The predicted molar refractivity (Wildman–Crippen MR) is 99.7 cm³/mol. The van der Waals surface area contributed by atoms with Crippen LogP contribution in [-0.4, -0.2) is 45.4 Å². The summed E-state index contributed by atoms with van der Waals surface area (Å²) < 4.78 is 4.52. The molecule has 1 unspecified atom stereocenters. The molecule has 24 heavy (non-hydrogen) atoms. The van der Waals surface area contributed by atoms with Crippen molar-refractivity contribution in [2.45, 2.75) is 13.0 Å². The van der Waals surface area contributed by atoms with Crippen LogP contribution in [0.4, 0.5) is 5.13 Å². The molecule has 0 spiro atoms. The molecule has 4 rings (SSSR count). The van der Waals surface area contributed by atoms with E-state index in [1.807, 2.05) is 24.4 Å². The minimum atomic E-state index is 0.390. The van der Waals surface area contributed by atoms with E-state index in [0.29, 0.717) is 6.04 Å². The summed E-state index contributed by atoms with van der Waals surface area (Å²) in [5.74, 6) is 0.828. The molecular formula is C17H19N5S2. The summed E-state index contributed by atoms with van der Waals surface area (Å²) in [6.45, 7) is 6.27. The minimum absolute atomic E-state index is 0.390. The summed E-state index contributed by atoms with van der Waals surface area (Å²) in [6.07, 6.45) is 1.89. The fraction of sp³-hybridized carbons (Fsp3) is 0.353. The third kappa shape index (κ3) is 3.19. The Hall–Kier alpha value is -1.83. The highest BCUT2D eigenvalue weighted by Gasteiger charge is 2.25. The van der Waals surface area contributed by atoms with Crippen LogP contribution in [0.2, 0.25) is 0 Å². The second-order valence-electron chi connectivity index (χ2n) is 5.84. The molecule has 3 heterocycles. The Kier molecular flexibility index (Phi) is 4.55. The topological polar surface area (TPSA) is 45.2 Å². The second-order valence-corrected chi connectivity index (χ2v) is 7.49. The van der Waals surface area contributed by atoms with Gasteiger partial charge in [0.25, 0.3) is 0 Å². The summed E-state index contributed by atoms with van der Waals surface area (Å²) in [6, 6.07) is 10.6. The Morgan fingerprint density at radius 3 is 2.58 bits per heavy atom. The Bertz CT molecular complexity index is 763. The van der Waals surface area contributed by atoms with Crippen molar-refractivity contribution in [1.82, 2.24) is 19.2 Å². The van der Waals surface area contributed by atoms with E-state index in [1.54, 1.807) is 11.3 Å². The minimum Gasteiger partial charge on any atom is -0.344 e. The van der Waals surface area contributed by atoms with Crippen LogP contribution in [0.3, 0.4) is 0 Å². The number of anilines is 1. The zero-order valence-corrected chi connectivity index (χ0v) is 15.1. The van der Waals surface area contributed by atoms with Gasteiger partial charge in [0.1, 0.15) is 5.01 Å². The summed E-state index contributed by atoms with van der Waals surface area (Å²) in [7, 11) is 0. The zero-order valence-electron chi connectivity index (χ0n) is 13.5. The number of hydrogen-bond acceptors (Lipinski definition) is 7. The van der Waals surface area contributed by atoms with Crippen LogP contribution >= 0.6 is 22.9 Å². The van der Waals surface area contributed by atoms with Gasteiger partial charge in [-0.1, -0.05) is 30.3 Å². The Labute approximate surface area is 149 Å². The monoisotopic (exact) mass is 357 g/mol. The maximum atomic E-state index is 4.73. The molecule has 3 aromatic rings. The highest BCUT2D eigenvalue weighted by atomic mass is 32.1. The first kappa shape index (κ1) is 15.7. The Balaban J connectivity index is 1.40. The number of benzene rings is 1. The van der Waals surface area contributed by atoms with Gasteiger partial charge in [-0.25, -0.2) is 4.98 Å². The summed E-state index contributed by atoms with van der Waals surface area (Å²) >= 11 is 3.23. The molecule has 1 saturated heterocycles. The van der Waals surface area contributed by atoms with E-state index >= 15 is 0 Å². The zero-order chi connectivity index (χ0) is 16.4. The standard InChI is InChI=1S/C17H19N5S2/c1-13(16-18-7-12-23-16)21-8-10-22(11-9-21)17-19-15(20-24-17)14-5-3-2-4-6-14/h2-7,12-13H,8-11H2,1H3. The van der Waals surface area contributed by atoms with Crippen molar-refractivity contribution in [2.24, 2.45) is 0 Å². The molecule has 0 bridgehead atoms. The molecule has 0 saturated carbocycles. The first-order valence-electron chi connectivity index (χ1n) is 8.09. The smallest absolute Gasteiger partial charge is 0.205 e. The van der Waals surface area contributed by atoms with Gasteiger partial charge in [-0.2, -0.15) is 9.36 Å². The van der Waals surface area contributed by atoms with E-state index in [4.69, 9.17) is 4.98 Å². The normalized spacial score (nSPS) is 17.1. The Morgan fingerprint density at radius 1 is 1.08 bits per heavy atom. The third-order valence-corrected chi connectivity index (χ3v) is 6.11. The van der Waals surface area contributed by atoms with Crippen LogP contribution < -0.4 is 4.90 Å². The quantitative estimate of drug-likeness (QED) is 0.714. The van der Waals surface area contributed by atoms with E-state index in [9.17, 15) is 0 Å². The SMILES string of the molecule is CC(c1nccs1)N1CCN(c2nc(-c3ccccc3)ns2)CC1. The highest BCUT2D eigenvalue weighted by Crippen LogP contribution is 2.27. The van der Waals surface area contributed by atoms with Gasteiger partial charge >= 0.3 is 0 Å². The van der Waals surface area contributed by atoms with Gasteiger partial charge in [0.05, 0.1) is 6.04 Å². The van der Waals surface area contributed by atoms with Gasteiger partial charge in [-0.15, -0.1) is 11.3 Å². The van der Waals surface area contributed by atoms with Crippen LogP contribution in [0.5, 0.6) is 0 Å². The van der Waals surface area contributed by atoms with Crippen molar-refractivity contribution in [3.05, 3.63) is 46.9 Å². The molecular weight excluding hydrogens is 338 g/mol. The van der Waals surface area contributed by atoms with Gasteiger partial charge in [0, 0.05) is 54.9 Å². The fourth-order valence-electron chi connectivity index (χ4n) is 2.95. The molecule has 1 aliphatic rings. The predicted octanol–water partition coefficient (Wildman–Crippen LogP) is 3.54. The lowest BCUT2D eigenvalue weighted by Gasteiger charge is -2.37. The van der Waals surface area contributed by atoms with E-state index in [-0.39, 0.29) is 0 Å². The number of hydrogen-bond donors (Lipinski definition) is 0. The number of thiazole rings is 1. The number of rotatable bonds is 4. The van der Waals surface area contributed by atoms with E-state index in [2.05, 4.69) is 43.6 Å². The van der Waals surface area contributed by atoms with Gasteiger partial charge in [-0.3, -0.25) is 4.90 Å². The van der Waals surface area contributed by atoms with Gasteiger partial charge in [-0.05, 0) is 6.92 Å². The summed E-state index contributed by atoms with van der Waals surface area (Å²) in [5, 5.41) is 4.27. The van der Waals surface area contributed by atoms with Crippen molar-refractivity contribution >= 4 is 28.0 Å². The van der Waals surface area contributed by atoms with E-state index in [0.717, 1.165) is 42.7 Å². The fourth-order valence-corrected chi connectivity index (χ4v) is 4.41. The molecule has 124 valence electrons. The van der Waals surface area contributed by atoms with Crippen molar-refractivity contribution in [1.29, 1.82) is 0 Å². The maximum Gasteiger partial charge on any atom is 0.205 e. The average molecular weight is 358 g/mol. The van der Waals surface area contributed by atoms with Crippen LogP contribution in [0.25, 0.3) is 11.4 Å². The molecule has 0 aliphatic carbocycles. The van der Waals surface area contributed by atoms with Crippen molar-refractivity contribution < 1.29 is 0 Å². The molecule has 1 fully saturated rings. The summed E-state index contributed by atoms with van der Waals surface area (Å²) in [4.78, 5) is 14.0. The molecule has 1 atom stereocenters. The van der Waals surface area contributed by atoms with Crippen LogP contribution in [0, 0.1) is 0 Å². The number of aromatic nitrogens is 3. The van der Waals surface area contributed by atoms with Crippen LogP contribution in [0.15, 0.2) is 41.9 Å².